The van der Waals surface area contributed by atoms with Crippen molar-refractivity contribution in [2.75, 3.05) is 21.1 Å². The number of fused-ring (bicyclic) bond motifs is 1. The minimum absolute atomic E-state index is 0.148. The first-order valence-electron chi connectivity index (χ1n) is 7.07. The topological polar surface area (TPSA) is 68.7 Å². The number of nitrogens with two attached hydrogens (primary N) is 1. The summed E-state index contributed by atoms with van der Waals surface area (Å²) in [5.74, 6) is 0.500. The van der Waals surface area contributed by atoms with Crippen LogP contribution in [-0.4, -0.2) is 42.9 Å². The van der Waals surface area contributed by atoms with E-state index in [0.29, 0.717) is 12.5 Å². The van der Waals surface area contributed by atoms with Crippen LogP contribution in [0.15, 0.2) is 29.3 Å². The van der Waals surface area contributed by atoms with Crippen LogP contribution in [0, 0.1) is 5.41 Å². The minimum Gasteiger partial charge on any atom is -0.369 e. The zero-order chi connectivity index (χ0) is 15.4. The van der Waals surface area contributed by atoms with E-state index in [9.17, 15) is 0 Å². The Hall–Kier alpha value is -2.30. The molecule has 0 saturated carbocycles. The molecular weight excluding hydrogens is 262 g/mol. The zero-order valence-electron chi connectivity index (χ0n) is 12.9. The van der Waals surface area contributed by atoms with Crippen molar-refractivity contribution in [2.24, 2.45) is 10.7 Å². The summed E-state index contributed by atoms with van der Waals surface area (Å²) in [4.78, 5) is 7.59. The average molecular weight is 285 g/mol. The number of aryl methyl sites for hydroxylation is 1. The van der Waals surface area contributed by atoms with Crippen LogP contribution in [-0.2, 0) is 13.0 Å². The van der Waals surface area contributed by atoms with Gasteiger partial charge in [-0.3, -0.25) is 5.41 Å². The van der Waals surface area contributed by atoms with E-state index in [2.05, 4.69) is 35.3 Å². The molecular formula is C16H23N5. The van der Waals surface area contributed by atoms with Gasteiger partial charge in [-0.05, 0) is 29.5 Å². The predicted molar refractivity (Wildman–Crippen MR) is 88.3 cm³/mol. The number of allylic oxidation sites excluding steroid dienone is 1. The van der Waals surface area contributed by atoms with E-state index >= 15 is 0 Å². The van der Waals surface area contributed by atoms with E-state index in [4.69, 9.17) is 11.1 Å². The van der Waals surface area contributed by atoms with Crippen LogP contribution in [0.25, 0.3) is 6.08 Å². The summed E-state index contributed by atoms with van der Waals surface area (Å²) in [6.07, 6.45) is 6.61. The van der Waals surface area contributed by atoms with Gasteiger partial charge in [-0.1, -0.05) is 30.4 Å². The molecule has 0 atom stereocenters. The van der Waals surface area contributed by atoms with Gasteiger partial charge in [0, 0.05) is 27.7 Å². The maximum absolute atomic E-state index is 7.72. The van der Waals surface area contributed by atoms with Crippen molar-refractivity contribution < 1.29 is 0 Å². The van der Waals surface area contributed by atoms with E-state index in [-0.39, 0.29) is 5.96 Å². The van der Waals surface area contributed by atoms with Crippen LogP contribution in [0.1, 0.15) is 23.1 Å². The Balaban J connectivity index is 2.16. The molecule has 0 spiro atoms. The lowest BCUT2D eigenvalue weighted by molar-refractivity contribution is 0.492. The van der Waals surface area contributed by atoms with Gasteiger partial charge in [-0.15, -0.1) is 0 Å². The SMILES string of the molecule is CN(C)C(=N)N=C(N)N(C)Cc1cccc2c1C=CCC2. The smallest absolute Gasteiger partial charge is 0.220 e. The summed E-state index contributed by atoms with van der Waals surface area (Å²) < 4.78 is 0. The third-order valence-corrected chi connectivity index (χ3v) is 3.59. The summed E-state index contributed by atoms with van der Waals surface area (Å²) in [5.41, 5.74) is 9.89. The fraction of sp³-hybridized carbons (Fsp3) is 0.375. The van der Waals surface area contributed by atoms with Gasteiger partial charge in [0.15, 0.2) is 5.96 Å². The van der Waals surface area contributed by atoms with Crippen molar-refractivity contribution in [1.82, 2.24) is 9.80 Å². The summed E-state index contributed by atoms with van der Waals surface area (Å²) in [7, 11) is 5.45. The number of guanidine groups is 2. The van der Waals surface area contributed by atoms with Crippen molar-refractivity contribution in [2.45, 2.75) is 19.4 Å². The normalized spacial score (nSPS) is 13.8. The summed E-state index contributed by atoms with van der Waals surface area (Å²) in [6.45, 7) is 0.684. The van der Waals surface area contributed by atoms with Gasteiger partial charge in [-0.2, -0.15) is 4.99 Å². The van der Waals surface area contributed by atoms with Gasteiger partial charge in [0.1, 0.15) is 0 Å². The van der Waals surface area contributed by atoms with E-state index in [1.165, 1.54) is 16.7 Å². The zero-order valence-corrected chi connectivity index (χ0v) is 12.9. The number of nitrogens with zero attached hydrogens (tertiary/aromatic N) is 3. The average Bonchev–Trinajstić information content (AvgIpc) is 2.47. The highest BCUT2D eigenvalue weighted by atomic mass is 15.3. The Morgan fingerprint density at radius 1 is 1.33 bits per heavy atom. The molecule has 112 valence electrons. The third kappa shape index (κ3) is 3.62. The van der Waals surface area contributed by atoms with E-state index in [1.807, 2.05) is 11.9 Å². The molecule has 5 nitrogen and oxygen atoms in total. The fourth-order valence-electron chi connectivity index (χ4n) is 2.31. The lowest BCUT2D eigenvalue weighted by Gasteiger charge is -2.22. The monoisotopic (exact) mass is 285 g/mol. The molecule has 2 rings (SSSR count). The highest BCUT2D eigenvalue weighted by Crippen LogP contribution is 2.23. The van der Waals surface area contributed by atoms with Crippen molar-refractivity contribution in [1.29, 1.82) is 5.41 Å². The first-order chi connectivity index (χ1) is 9.99. The summed E-state index contributed by atoms with van der Waals surface area (Å²) in [6, 6.07) is 6.40. The molecule has 3 N–H and O–H groups in total. The van der Waals surface area contributed by atoms with Crippen LogP contribution >= 0.6 is 0 Å². The number of hydrogen-bond donors (Lipinski definition) is 2. The van der Waals surface area contributed by atoms with Crippen LogP contribution < -0.4 is 5.73 Å². The Bertz CT molecular complexity index is 586. The van der Waals surface area contributed by atoms with Gasteiger partial charge in [-0.25, -0.2) is 0 Å². The van der Waals surface area contributed by atoms with Gasteiger partial charge in [0.25, 0.3) is 0 Å². The molecule has 0 bridgehead atoms. The Morgan fingerprint density at radius 2 is 2.10 bits per heavy atom. The third-order valence-electron chi connectivity index (χ3n) is 3.59. The molecule has 0 aromatic heterocycles. The van der Waals surface area contributed by atoms with E-state index in [1.54, 1.807) is 19.0 Å². The van der Waals surface area contributed by atoms with E-state index in [0.717, 1.165) is 12.8 Å². The van der Waals surface area contributed by atoms with Crippen LogP contribution in [0.4, 0.5) is 0 Å². The second-order valence-electron chi connectivity index (χ2n) is 5.48. The molecule has 0 fully saturated rings. The number of benzene rings is 1. The van der Waals surface area contributed by atoms with Crippen molar-refractivity contribution >= 4 is 18.0 Å². The Labute approximate surface area is 126 Å². The van der Waals surface area contributed by atoms with Gasteiger partial charge in [0.2, 0.25) is 5.96 Å². The number of nitrogens with one attached hydrogen (secondary N) is 1. The van der Waals surface area contributed by atoms with Gasteiger partial charge < -0.3 is 15.5 Å². The summed E-state index contributed by atoms with van der Waals surface area (Å²) in [5, 5.41) is 7.72. The molecule has 5 heteroatoms. The highest BCUT2D eigenvalue weighted by Gasteiger charge is 2.12. The predicted octanol–water partition coefficient (Wildman–Crippen LogP) is 1.89. The second-order valence-corrected chi connectivity index (χ2v) is 5.48. The van der Waals surface area contributed by atoms with Crippen LogP contribution in [0.5, 0.6) is 0 Å². The van der Waals surface area contributed by atoms with Gasteiger partial charge >= 0.3 is 0 Å². The van der Waals surface area contributed by atoms with Crippen molar-refractivity contribution in [3.63, 3.8) is 0 Å². The Morgan fingerprint density at radius 3 is 2.81 bits per heavy atom. The number of aliphatic imine (C=N–C) groups is 1. The fourth-order valence-corrected chi connectivity index (χ4v) is 2.31. The van der Waals surface area contributed by atoms with Gasteiger partial charge in [0.05, 0.1) is 0 Å². The molecule has 21 heavy (non-hydrogen) atoms. The minimum atomic E-state index is 0.148. The summed E-state index contributed by atoms with van der Waals surface area (Å²) >= 11 is 0. The molecule has 1 aromatic rings. The quantitative estimate of drug-likeness (QED) is 0.644. The number of rotatable bonds is 2. The van der Waals surface area contributed by atoms with Crippen LogP contribution in [0.2, 0.25) is 0 Å². The molecule has 0 amide bonds. The molecule has 1 aromatic carbocycles. The standard InChI is InChI=1S/C16H23N5/c1-20(2)15(17)19-16(18)21(3)11-13-9-6-8-12-7-4-5-10-14(12)13/h5-6,8-10H,4,7,11H2,1-3H3,(H3,17,18,19). The molecule has 0 saturated heterocycles. The molecule has 0 unspecified atom stereocenters. The molecule has 1 aliphatic rings. The van der Waals surface area contributed by atoms with Crippen LogP contribution in [0.3, 0.4) is 0 Å². The van der Waals surface area contributed by atoms with Crippen molar-refractivity contribution in [3.8, 4) is 0 Å². The highest BCUT2D eigenvalue weighted by molar-refractivity contribution is 5.92. The lowest BCUT2D eigenvalue weighted by Crippen LogP contribution is -2.36. The number of hydrogen-bond acceptors (Lipinski definition) is 1. The van der Waals surface area contributed by atoms with E-state index < -0.39 is 0 Å². The lowest BCUT2D eigenvalue weighted by atomic mass is 9.93. The molecule has 0 heterocycles. The largest absolute Gasteiger partial charge is 0.369 e. The molecule has 0 aliphatic heterocycles. The molecule has 1 aliphatic carbocycles. The molecule has 0 radical (unpaired) electrons. The Kier molecular flexibility index (Phi) is 4.62. The van der Waals surface area contributed by atoms with Crippen molar-refractivity contribution in [3.05, 3.63) is 41.0 Å². The first-order valence-corrected chi connectivity index (χ1v) is 7.07. The maximum atomic E-state index is 7.72. The maximum Gasteiger partial charge on any atom is 0.220 e. The first kappa shape index (κ1) is 15.1. The second kappa shape index (κ2) is 6.43.